The fourth-order valence-electron chi connectivity index (χ4n) is 1.44. The normalized spacial score (nSPS) is 14.9. The van der Waals surface area contributed by atoms with Gasteiger partial charge in [0.05, 0.1) is 18.4 Å². The number of benzene rings is 1. The highest BCUT2D eigenvalue weighted by Gasteiger charge is 2.11. The van der Waals surface area contributed by atoms with Gasteiger partial charge in [0, 0.05) is 5.56 Å². The molecule has 77 valence electrons. The first-order valence-corrected chi connectivity index (χ1v) is 4.94. The molecule has 2 rings (SSSR count). The van der Waals surface area contributed by atoms with Crippen LogP contribution in [0.15, 0.2) is 41.5 Å². The Bertz CT molecular complexity index is 391. The van der Waals surface area contributed by atoms with Crippen molar-refractivity contribution in [3.63, 3.8) is 0 Å². The van der Waals surface area contributed by atoms with E-state index in [1.54, 1.807) is 0 Å². The summed E-state index contributed by atoms with van der Waals surface area (Å²) in [5, 5.41) is 4.28. The van der Waals surface area contributed by atoms with Crippen molar-refractivity contribution in [1.82, 2.24) is 10.2 Å². The van der Waals surface area contributed by atoms with Crippen molar-refractivity contribution in [2.45, 2.75) is 0 Å². The maximum Gasteiger partial charge on any atom is 0.143 e. The summed E-state index contributed by atoms with van der Waals surface area (Å²) in [5.41, 5.74) is 2.07. The van der Waals surface area contributed by atoms with Gasteiger partial charge in [0.1, 0.15) is 5.84 Å². The summed E-state index contributed by atoms with van der Waals surface area (Å²) in [6.07, 6.45) is 1.83. The molecule has 1 aliphatic heterocycles. The third kappa shape index (κ3) is 2.44. The molecule has 3 heteroatoms. The van der Waals surface area contributed by atoms with Crippen molar-refractivity contribution in [2.75, 3.05) is 20.6 Å². The van der Waals surface area contributed by atoms with Crippen molar-refractivity contribution in [1.29, 1.82) is 0 Å². The van der Waals surface area contributed by atoms with Gasteiger partial charge >= 0.3 is 0 Å². The topological polar surface area (TPSA) is 29.7 Å². The molecule has 0 aliphatic carbocycles. The predicted octanol–water partition coefficient (Wildman–Crippen LogP) is 1.56. The third-order valence-electron chi connectivity index (χ3n) is 2.11. The SMILES string of the molecule is CN(C)CC1=NC(c2ccccc2)=C[N]1. The van der Waals surface area contributed by atoms with Gasteiger partial charge in [-0.05, 0) is 14.1 Å². The molecule has 0 spiro atoms. The second kappa shape index (κ2) is 4.28. The third-order valence-corrected chi connectivity index (χ3v) is 2.11. The molecule has 3 nitrogen and oxygen atoms in total. The molecule has 0 amide bonds. The molecule has 0 saturated heterocycles. The Hall–Kier alpha value is -1.61. The Kier molecular flexibility index (Phi) is 2.83. The molecule has 1 aromatic rings. The second-order valence-electron chi connectivity index (χ2n) is 3.78. The number of hydrogen-bond acceptors (Lipinski definition) is 2. The number of amidine groups is 1. The van der Waals surface area contributed by atoms with E-state index in [0.29, 0.717) is 0 Å². The van der Waals surface area contributed by atoms with Crippen LogP contribution in [-0.2, 0) is 0 Å². The van der Waals surface area contributed by atoms with Crippen molar-refractivity contribution >= 4 is 11.5 Å². The monoisotopic (exact) mass is 200 g/mol. The summed E-state index contributed by atoms with van der Waals surface area (Å²) in [6, 6.07) is 10.1. The Labute approximate surface area is 90.1 Å². The highest BCUT2D eigenvalue weighted by Crippen LogP contribution is 2.18. The average Bonchev–Trinajstić information content (AvgIpc) is 2.67. The lowest BCUT2D eigenvalue weighted by molar-refractivity contribution is 0.466. The van der Waals surface area contributed by atoms with Crippen LogP contribution in [0, 0.1) is 0 Å². The van der Waals surface area contributed by atoms with Crippen LogP contribution in [0.25, 0.3) is 5.70 Å². The first-order chi connectivity index (χ1) is 7.25. The Morgan fingerprint density at radius 2 is 1.87 bits per heavy atom. The van der Waals surface area contributed by atoms with Crippen molar-refractivity contribution in [3.8, 4) is 0 Å². The molecule has 1 heterocycles. The zero-order chi connectivity index (χ0) is 10.7. The minimum absolute atomic E-state index is 0.785. The van der Waals surface area contributed by atoms with Gasteiger partial charge in [-0.3, -0.25) is 0 Å². The van der Waals surface area contributed by atoms with Gasteiger partial charge in [-0.25, -0.2) is 10.3 Å². The molecule has 0 unspecified atom stereocenters. The van der Waals surface area contributed by atoms with Crippen molar-refractivity contribution < 1.29 is 0 Å². The summed E-state index contributed by atoms with van der Waals surface area (Å²) in [5.74, 6) is 0.874. The van der Waals surface area contributed by atoms with Crippen LogP contribution in [0.4, 0.5) is 0 Å². The molecular formula is C12H14N3. The van der Waals surface area contributed by atoms with Gasteiger partial charge in [-0.2, -0.15) is 0 Å². The quantitative estimate of drug-likeness (QED) is 0.728. The Morgan fingerprint density at radius 1 is 1.13 bits per heavy atom. The van der Waals surface area contributed by atoms with Crippen molar-refractivity contribution in [3.05, 3.63) is 42.1 Å². The van der Waals surface area contributed by atoms with E-state index in [1.165, 1.54) is 0 Å². The predicted molar refractivity (Wildman–Crippen MR) is 62.5 cm³/mol. The molecule has 1 aromatic carbocycles. The lowest BCUT2D eigenvalue weighted by atomic mass is 10.2. The largest absolute Gasteiger partial charge is 0.302 e. The molecule has 0 saturated carbocycles. The zero-order valence-corrected chi connectivity index (χ0v) is 9.01. The molecule has 0 fully saturated rings. The number of hydrogen-bond donors (Lipinski definition) is 0. The lowest BCUT2D eigenvalue weighted by Gasteiger charge is -2.07. The second-order valence-corrected chi connectivity index (χ2v) is 3.78. The zero-order valence-electron chi connectivity index (χ0n) is 9.01. The number of aliphatic imine (C=N–C) groups is 1. The van der Waals surface area contributed by atoms with Gasteiger partial charge in [-0.1, -0.05) is 30.3 Å². The standard InChI is InChI=1S/C12H14N3/c1-15(2)9-12-13-8-11(14-12)10-6-4-3-5-7-10/h3-8H,9H2,1-2H3. The molecule has 0 N–H and O–H groups in total. The molecule has 1 aliphatic rings. The van der Waals surface area contributed by atoms with Crippen molar-refractivity contribution in [2.24, 2.45) is 4.99 Å². The highest BCUT2D eigenvalue weighted by atomic mass is 15.1. The van der Waals surface area contributed by atoms with E-state index < -0.39 is 0 Å². The maximum atomic E-state index is 4.47. The Morgan fingerprint density at radius 3 is 2.53 bits per heavy atom. The molecular weight excluding hydrogens is 186 g/mol. The van der Waals surface area contributed by atoms with Crippen LogP contribution < -0.4 is 5.32 Å². The van der Waals surface area contributed by atoms with Crippen LogP contribution in [-0.4, -0.2) is 31.4 Å². The van der Waals surface area contributed by atoms with Crippen LogP contribution in [0.3, 0.4) is 0 Å². The lowest BCUT2D eigenvalue weighted by Crippen LogP contribution is -2.24. The number of rotatable bonds is 3. The van der Waals surface area contributed by atoms with Crippen LogP contribution in [0.2, 0.25) is 0 Å². The number of nitrogens with zero attached hydrogens (tertiary/aromatic N) is 3. The minimum atomic E-state index is 0.785. The van der Waals surface area contributed by atoms with Gasteiger partial charge < -0.3 is 4.90 Å². The van der Waals surface area contributed by atoms with E-state index >= 15 is 0 Å². The summed E-state index contributed by atoms with van der Waals surface area (Å²) >= 11 is 0. The molecule has 15 heavy (non-hydrogen) atoms. The number of likely N-dealkylation sites (N-methyl/N-ethyl adjacent to an activating group) is 1. The fraction of sp³-hybridized carbons (Fsp3) is 0.250. The van der Waals surface area contributed by atoms with E-state index in [2.05, 4.69) is 15.2 Å². The van der Waals surface area contributed by atoms with E-state index in [-0.39, 0.29) is 0 Å². The van der Waals surface area contributed by atoms with Gasteiger partial charge in [0.2, 0.25) is 0 Å². The van der Waals surface area contributed by atoms with Crippen LogP contribution in [0.1, 0.15) is 5.56 Å². The van der Waals surface area contributed by atoms with Gasteiger partial charge in [-0.15, -0.1) is 0 Å². The summed E-state index contributed by atoms with van der Waals surface area (Å²) in [7, 11) is 4.02. The first kappa shape index (κ1) is 9.93. The summed E-state index contributed by atoms with van der Waals surface area (Å²) < 4.78 is 0. The first-order valence-electron chi connectivity index (χ1n) is 4.94. The maximum absolute atomic E-state index is 4.47. The van der Waals surface area contributed by atoms with Crippen LogP contribution in [0.5, 0.6) is 0 Å². The van der Waals surface area contributed by atoms with E-state index in [9.17, 15) is 0 Å². The smallest absolute Gasteiger partial charge is 0.143 e. The van der Waals surface area contributed by atoms with E-state index in [0.717, 1.165) is 23.6 Å². The minimum Gasteiger partial charge on any atom is -0.302 e. The summed E-state index contributed by atoms with van der Waals surface area (Å²) in [6.45, 7) is 0.785. The Balaban J connectivity index is 2.11. The van der Waals surface area contributed by atoms with E-state index in [4.69, 9.17) is 0 Å². The molecule has 0 aromatic heterocycles. The summed E-state index contributed by atoms with van der Waals surface area (Å²) in [4.78, 5) is 6.53. The molecule has 1 radical (unpaired) electrons. The molecule has 0 atom stereocenters. The van der Waals surface area contributed by atoms with Gasteiger partial charge in [0.15, 0.2) is 0 Å². The van der Waals surface area contributed by atoms with Crippen LogP contribution >= 0.6 is 0 Å². The van der Waals surface area contributed by atoms with E-state index in [1.807, 2.05) is 50.6 Å². The average molecular weight is 200 g/mol. The molecule has 0 bridgehead atoms. The highest BCUT2D eigenvalue weighted by molar-refractivity contribution is 5.94. The fourth-order valence-corrected chi connectivity index (χ4v) is 1.44. The van der Waals surface area contributed by atoms with Gasteiger partial charge in [0.25, 0.3) is 0 Å².